The van der Waals surface area contributed by atoms with Gasteiger partial charge < -0.3 is 9.30 Å². The number of hydrogen-bond acceptors (Lipinski definition) is 4. The van der Waals surface area contributed by atoms with E-state index in [0.717, 1.165) is 39.2 Å². The number of aromatic nitrogens is 2. The van der Waals surface area contributed by atoms with E-state index in [9.17, 15) is 4.91 Å². The lowest BCUT2D eigenvalue weighted by Crippen LogP contribution is -2.05. The van der Waals surface area contributed by atoms with Crippen molar-refractivity contribution in [2.24, 2.45) is 5.18 Å². The molecule has 5 nitrogen and oxygen atoms in total. The van der Waals surface area contributed by atoms with E-state index in [1.54, 1.807) is 6.20 Å². The van der Waals surface area contributed by atoms with E-state index in [1.807, 2.05) is 56.3 Å². The van der Waals surface area contributed by atoms with Gasteiger partial charge in [-0.3, -0.25) is 0 Å². The maximum atomic E-state index is 10.9. The van der Waals surface area contributed by atoms with E-state index in [4.69, 9.17) is 4.74 Å². The van der Waals surface area contributed by atoms with E-state index in [0.29, 0.717) is 0 Å². The van der Waals surface area contributed by atoms with E-state index in [-0.39, 0.29) is 12.6 Å². The SMILES string of the molecule is CC(C)Oc1cc(CN=O)cc(-c2cn(-c3ccccc3)c3ncccc23)c1. The molecular weight excluding hydrogens is 350 g/mol. The lowest BCUT2D eigenvalue weighted by Gasteiger charge is -2.12. The highest BCUT2D eigenvalue weighted by Gasteiger charge is 2.14. The van der Waals surface area contributed by atoms with Gasteiger partial charge in [0.1, 0.15) is 17.9 Å². The molecule has 0 aliphatic rings. The Morgan fingerprint density at radius 2 is 1.89 bits per heavy atom. The number of hydrogen-bond donors (Lipinski definition) is 0. The van der Waals surface area contributed by atoms with Gasteiger partial charge in [0.2, 0.25) is 0 Å². The first kappa shape index (κ1) is 17.9. The molecule has 5 heteroatoms. The highest BCUT2D eigenvalue weighted by atomic mass is 16.5. The lowest BCUT2D eigenvalue weighted by atomic mass is 10.0. The van der Waals surface area contributed by atoms with E-state index >= 15 is 0 Å². The molecule has 0 saturated carbocycles. The predicted octanol–water partition coefficient (Wildman–Crippen LogP) is 5.75. The molecule has 140 valence electrons. The Morgan fingerprint density at radius 3 is 2.64 bits per heavy atom. The van der Waals surface area contributed by atoms with Crippen LogP contribution in [0.4, 0.5) is 0 Å². The number of nitrogens with zero attached hydrogens (tertiary/aromatic N) is 3. The molecule has 28 heavy (non-hydrogen) atoms. The van der Waals surface area contributed by atoms with Gasteiger partial charge in [-0.05, 0) is 67.4 Å². The summed E-state index contributed by atoms with van der Waals surface area (Å²) in [5.74, 6) is 0.732. The van der Waals surface area contributed by atoms with Gasteiger partial charge in [0.15, 0.2) is 0 Å². The normalized spacial score (nSPS) is 11.1. The zero-order chi connectivity index (χ0) is 19.5. The van der Waals surface area contributed by atoms with Crippen molar-refractivity contribution in [3.63, 3.8) is 0 Å². The first-order chi connectivity index (χ1) is 13.7. The van der Waals surface area contributed by atoms with Gasteiger partial charge in [0, 0.05) is 29.0 Å². The zero-order valence-electron chi connectivity index (χ0n) is 15.9. The summed E-state index contributed by atoms with van der Waals surface area (Å²) in [6.45, 7) is 4.07. The average Bonchev–Trinajstić information content (AvgIpc) is 3.08. The molecule has 2 aromatic heterocycles. The third kappa shape index (κ3) is 3.51. The van der Waals surface area contributed by atoms with Crippen LogP contribution in [0.5, 0.6) is 5.75 Å². The Hall–Kier alpha value is -3.47. The van der Waals surface area contributed by atoms with Gasteiger partial charge >= 0.3 is 0 Å². The number of rotatable bonds is 6. The summed E-state index contributed by atoms with van der Waals surface area (Å²) in [4.78, 5) is 15.4. The van der Waals surface area contributed by atoms with Crippen LogP contribution in [0.15, 0.2) is 78.2 Å². The van der Waals surface area contributed by atoms with Crippen LogP contribution in [-0.4, -0.2) is 15.7 Å². The molecule has 0 spiro atoms. The largest absolute Gasteiger partial charge is 0.491 e. The fourth-order valence-electron chi connectivity index (χ4n) is 3.40. The zero-order valence-corrected chi connectivity index (χ0v) is 15.9. The van der Waals surface area contributed by atoms with Crippen molar-refractivity contribution in [3.8, 4) is 22.6 Å². The van der Waals surface area contributed by atoms with Crippen molar-refractivity contribution in [2.45, 2.75) is 26.5 Å². The molecule has 0 fully saturated rings. The standard InChI is InChI=1S/C23H21N3O2/c1-16(2)28-20-12-17(14-25-27)11-18(13-20)22-15-26(19-7-4-3-5-8-19)23-21(22)9-6-10-24-23/h3-13,15-16H,14H2,1-2H3. The fraction of sp³-hybridized carbons (Fsp3) is 0.174. The van der Waals surface area contributed by atoms with Gasteiger partial charge in [-0.25, -0.2) is 4.98 Å². The molecular formula is C23H21N3O2. The lowest BCUT2D eigenvalue weighted by molar-refractivity contribution is 0.242. The molecule has 2 aromatic carbocycles. The van der Waals surface area contributed by atoms with Crippen molar-refractivity contribution < 1.29 is 4.74 Å². The molecule has 0 radical (unpaired) electrons. The van der Waals surface area contributed by atoms with E-state index < -0.39 is 0 Å². The topological polar surface area (TPSA) is 56.5 Å². The van der Waals surface area contributed by atoms with E-state index in [1.165, 1.54) is 0 Å². The second-order valence-corrected chi connectivity index (χ2v) is 6.94. The number of nitroso groups, excluding NO2 is 1. The predicted molar refractivity (Wildman–Crippen MR) is 112 cm³/mol. The minimum absolute atomic E-state index is 0.0413. The summed E-state index contributed by atoms with van der Waals surface area (Å²) in [6.07, 6.45) is 3.92. The Balaban J connectivity index is 1.92. The van der Waals surface area contributed by atoms with Crippen LogP contribution in [0.3, 0.4) is 0 Å². The maximum absolute atomic E-state index is 10.9. The average molecular weight is 371 g/mol. The molecule has 0 unspecified atom stereocenters. The van der Waals surface area contributed by atoms with Crippen LogP contribution in [0.25, 0.3) is 27.8 Å². The highest BCUT2D eigenvalue weighted by molar-refractivity contribution is 5.95. The van der Waals surface area contributed by atoms with Crippen LogP contribution < -0.4 is 4.74 Å². The van der Waals surface area contributed by atoms with Gasteiger partial charge in [-0.15, -0.1) is 0 Å². The van der Waals surface area contributed by atoms with Crippen LogP contribution in [0.2, 0.25) is 0 Å². The van der Waals surface area contributed by atoms with Crippen LogP contribution in [-0.2, 0) is 6.54 Å². The molecule has 4 rings (SSSR count). The monoisotopic (exact) mass is 371 g/mol. The van der Waals surface area contributed by atoms with Crippen LogP contribution in [0, 0.1) is 4.91 Å². The first-order valence-corrected chi connectivity index (χ1v) is 9.27. The molecule has 0 bridgehead atoms. The van der Waals surface area contributed by atoms with Crippen LogP contribution >= 0.6 is 0 Å². The summed E-state index contributed by atoms with van der Waals surface area (Å²) in [7, 11) is 0. The minimum atomic E-state index is 0.0413. The molecule has 0 atom stereocenters. The Bertz CT molecular complexity index is 1120. The summed E-state index contributed by atoms with van der Waals surface area (Å²) in [6, 6.07) is 20.0. The molecule has 0 N–H and O–H groups in total. The van der Waals surface area contributed by atoms with Crippen LogP contribution in [0.1, 0.15) is 19.4 Å². The quantitative estimate of drug-likeness (QED) is 0.406. The number of benzene rings is 2. The van der Waals surface area contributed by atoms with Crippen molar-refractivity contribution >= 4 is 11.0 Å². The summed E-state index contributed by atoms with van der Waals surface area (Å²) >= 11 is 0. The summed E-state index contributed by atoms with van der Waals surface area (Å²) in [5, 5.41) is 4.09. The fourth-order valence-corrected chi connectivity index (χ4v) is 3.40. The second-order valence-electron chi connectivity index (χ2n) is 6.94. The van der Waals surface area contributed by atoms with Crippen molar-refractivity contribution in [2.75, 3.05) is 0 Å². The minimum Gasteiger partial charge on any atom is -0.491 e. The van der Waals surface area contributed by atoms with Crippen molar-refractivity contribution in [3.05, 3.63) is 83.5 Å². The van der Waals surface area contributed by atoms with Gasteiger partial charge in [-0.2, -0.15) is 4.91 Å². The van der Waals surface area contributed by atoms with Crippen molar-refractivity contribution in [1.82, 2.24) is 9.55 Å². The van der Waals surface area contributed by atoms with Crippen molar-refractivity contribution in [1.29, 1.82) is 0 Å². The number of fused-ring (bicyclic) bond motifs is 1. The second kappa shape index (κ2) is 7.64. The van der Waals surface area contributed by atoms with Gasteiger partial charge in [0.25, 0.3) is 0 Å². The molecule has 4 aromatic rings. The third-order valence-corrected chi connectivity index (χ3v) is 4.49. The Kier molecular flexibility index (Phi) is 4.89. The molecule has 0 aliphatic carbocycles. The summed E-state index contributed by atoms with van der Waals surface area (Å²) < 4.78 is 7.98. The maximum Gasteiger partial charge on any atom is 0.145 e. The van der Waals surface area contributed by atoms with Gasteiger partial charge in [0.05, 0.1) is 6.10 Å². The number of para-hydroxylation sites is 1. The number of ether oxygens (including phenoxy) is 1. The smallest absolute Gasteiger partial charge is 0.145 e. The molecule has 0 amide bonds. The molecule has 2 heterocycles. The third-order valence-electron chi connectivity index (χ3n) is 4.49. The van der Waals surface area contributed by atoms with Gasteiger partial charge in [-0.1, -0.05) is 23.4 Å². The molecule has 0 aliphatic heterocycles. The van der Waals surface area contributed by atoms with E-state index in [2.05, 4.69) is 39.1 Å². The number of pyridine rings is 1. The summed E-state index contributed by atoms with van der Waals surface area (Å²) in [5.41, 5.74) is 4.77. The Labute approximate surface area is 163 Å². The first-order valence-electron chi connectivity index (χ1n) is 9.27. The highest BCUT2D eigenvalue weighted by Crippen LogP contribution is 2.34. The molecule has 0 saturated heterocycles. The Morgan fingerprint density at radius 1 is 1.07 bits per heavy atom.